The average molecular weight is 276 g/mol. The van der Waals surface area contributed by atoms with E-state index in [4.69, 9.17) is 0 Å². The van der Waals surface area contributed by atoms with Gasteiger partial charge < -0.3 is 4.74 Å². The summed E-state index contributed by atoms with van der Waals surface area (Å²) < 4.78 is 42.2. The molecule has 0 bridgehead atoms. The highest BCUT2D eigenvalue weighted by atomic mass is 32.2. The number of carbonyl (C=O) groups excluding carboxylic acids is 1. The smallest absolute Gasteiger partial charge is 0.309 e. The van der Waals surface area contributed by atoms with Crippen molar-refractivity contribution in [1.29, 1.82) is 0 Å². The van der Waals surface area contributed by atoms with Crippen molar-refractivity contribution >= 4 is 16.8 Å². The predicted octanol–water partition coefficient (Wildman–Crippen LogP) is 2.02. The van der Waals surface area contributed by atoms with Crippen molar-refractivity contribution in [1.82, 2.24) is 0 Å². The summed E-state index contributed by atoms with van der Waals surface area (Å²) >= 11 is 0. The Morgan fingerprint density at radius 2 is 2.11 bits per heavy atom. The van der Waals surface area contributed by atoms with E-state index >= 15 is 0 Å². The molecule has 1 aromatic rings. The van der Waals surface area contributed by atoms with Gasteiger partial charge >= 0.3 is 5.97 Å². The van der Waals surface area contributed by atoms with Crippen LogP contribution in [0.4, 0.5) is 8.78 Å². The lowest BCUT2D eigenvalue weighted by molar-refractivity contribution is -0.144. The number of esters is 1. The van der Waals surface area contributed by atoms with Gasteiger partial charge in [-0.05, 0) is 6.07 Å². The second-order valence-corrected chi connectivity index (χ2v) is 5.41. The Kier molecular flexibility index (Phi) is 5.40. The highest BCUT2D eigenvalue weighted by molar-refractivity contribution is 7.84. The van der Waals surface area contributed by atoms with Gasteiger partial charge in [0.15, 0.2) is 0 Å². The molecule has 0 amide bonds. The first kappa shape index (κ1) is 14.8. The van der Waals surface area contributed by atoms with Gasteiger partial charge in [-0.3, -0.25) is 9.00 Å². The van der Waals surface area contributed by atoms with Gasteiger partial charge in [-0.15, -0.1) is 0 Å². The van der Waals surface area contributed by atoms with Crippen LogP contribution < -0.4 is 0 Å². The summed E-state index contributed by atoms with van der Waals surface area (Å²) in [6.45, 7) is 1.59. The Bertz CT molecular complexity index is 463. The van der Waals surface area contributed by atoms with Gasteiger partial charge in [-0.2, -0.15) is 0 Å². The number of hydrogen-bond acceptors (Lipinski definition) is 3. The van der Waals surface area contributed by atoms with Crippen molar-refractivity contribution in [2.75, 3.05) is 12.9 Å². The maximum Gasteiger partial charge on any atom is 0.309 e. The fraction of sp³-hybridized carbons (Fsp3) is 0.417. The van der Waals surface area contributed by atoms with Crippen LogP contribution in [0.1, 0.15) is 12.5 Å². The molecule has 0 spiro atoms. The molecule has 1 aromatic carbocycles. The Balaban J connectivity index is 2.62. The summed E-state index contributed by atoms with van der Waals surface area (Å²) in [5, 5.41) is 0. The van der Waals surface area contributed by atoms with Crippen molar-refractivity contribution in [3.05, 3.63) is 35.4 Å². The molecule has 3 nitrogen and oxygen atoms in total. The molecule has 1 rings (SSSR count). The van der Waals surface area contributed by atoms with Crippen LogP contribution in [0.25, 0.3) is 0 Å². The fourth-order valence-electron chi connectivity index (χ4n) is 1.42. The first-order valence-electron chi connectivity index (χ1n) is 5.30. The molecule has 2 unspecified atom stereocenters. The molecule has 0 radical (unpaired) electrons. The lowest BCUT2D eigenvalue weighted by Gasteiger charge is -2.09. The maximum atomic E-state index is 13.3. The molecule has 0 N–H and O–H groups in total. The second-order valence-electron chi connectivity index (χ2n) is 3.91. The van der Waals surface area contributed by atoms with E-state index < -0.39 is 34.3 Å². The van der Waals surface area contributed by atoms with E-state index in [0.29, 0.717) is 0 Å². The van der Waals surface area contributed by atoms with Crippen LogP contribution in [0.5, 0.6) is 0 Å². The largest absolute Gasteiger partial charge is 0.469 e. The summed E-state index contributed by atoms with van der Waals surface area (Å²) in [6.07, 6.45) is 0. The molecule has 0 aliphatic carbocycles. The van der Waals surface area contributed by atoms with Crippen LogP contribution in [0.2, 0.25) is 0 Å². The van der Waals surface area contributed by atoms with Gasteiger partial charge in [0.2, 0.25) is 0 Å². The van der Waals surface area contributed by atoms with Crippen molar-refractivity contribution in [2.45, 2.75) is 12.7 Å². The summed E-state index contributed by atoms with van der Waals surface area (Å²) in [6, 6.07) is 3.11. The molecule has 0 fully saturated rings. The van der Waals surface area contributed by atoms with E-state index in [2.05, 4.69) is 4.74 Å². The highest BCUT2D eigenvalue weighted by Gasteiger charge is 2.17. The zero-order valence-electron chi connectivity index (χ0n) is 10.1. The van der Waals surface area contributed by atoms with E-state index in [1.165, 1.54) is 13.2 Å². The summed E-state index contributed by atoms with van der Waals surface area (Å²) in [5.41, 5.74) is 0.173. The average Bonchev–Trinajstić information content (AvgIpc) is 2.31. The lowest BCUT2D eigenvalue weighted by atomic mass is 10.2. The molecular formula is C12H14F2O3S. The normalized spacial score (nSPS) is 14.0. The number of halogens is 2. The number of hydrogen-bond donors (Lipinski definition) is 0. The van der Waals surface area contributed by atoms with E-state index in [1.54, 1.807) is 6.92 Å². The first-order chi connectivity index (χ1) is 8.43. The van der Waals surface area contributed by atoms with E-state index in [9.17, 15) is 17.8 Å². The van der Waals surface area contributed by atoms with Crippen molar-refractivity contribution < 1.29 is 22.5 Å². The highest BCUT2D eigenvalue weighted by Crippen LogP contribution is 2.13. The number of carbonyl (C=O) groups is 1. The van der Waals surface area contributed by atoms with Gasteiger partial charge in [0, 0.05) is 28.2 Å². The topological polar surface area (TPSA) is 43.4 Å². The molecule has 18 heavy (non-hydrogen) atoms. The SMILES string of the molecule is COC(=O)C(C)CS(=O)Cc1ccc(F)cc1F. The summed E-state index contributed by atoms with van der Waals surface area (Å²) in [7, 11) is -0.152. The molecule has 100 valence electrons. The minimum absolute atomic E-state index is 0.0482. The molecule has 0 saturated heterocycles. The third-order valence-corrected chi connectivity index (χ3v) is 3.88. The molecule has 0 saturated carbocycles. The Morgan fingerprint density at radius 3 is 2.67 bits per heavy atom. The van der Waals surface area contributed by atoms with Gasteiger partial charge in [-0.1, -0.05) is 13.0 Å². The van der Waals surface area contributed by atoms with Crippen LogP contribution in [0.15, 0.2) is 18.2 Å². The Morgan fingerprint density at radius 1 is 1.44 bits per heavy atom. The van der Waals surface area contributed by atoms with Gasteiger partial charge in [0.25, 0.3) is 0 Å². The number of benzene rings is 1. The number of methoxy groups -OCH3 is 1. The molecule has 0 heterocycles. The molecular weight excluding hydrogens is 262 g/mol. The number of rotatable bonds is 5. The van der Waals surface area contributed by atoms with Crippen LogP contribution in [0, 0.1) is 17.6 Å². The molecule has 0 aliphatic heterocycles. The molecule has 2 atom stereocenters. The van der Waals surface area contributed by atoms with Crippen molar-refractivity contribution in [3.8, 4) is 0 Å². The Labute approximate surface area is 107 Å². The third-order valence-electron chi connectivity index (χ3n) is 2.37. The quantitative estimate of drug-likeness (QED) is 0.773. The zero-order valence-corrected chi connectivity index (χ0v) is 10.9. The summed E-state index contributed by atoms with van der Waals surface area (Å²) in [5.74, 6) is -2.34. The standard InChI is InChI=1S/C12H14F2O3S/c1-8(12(15)17-2)6-18(16)7-9-3-4-10(13)5-11(9)14/h3-5,8H,6-7H2,1-2H3. The minimum Gasteiger partial charge on any atom is -0.469 e. The second kappa shape index (κ2) is 6.58. The third kappa shape index (κ3) is 4.18. The van der Waals surface area contributed by atoms with Crippen LogP contribution in [-0.2, 0) is 26.1 Å². The predicted molar refractivity (Wildman–Crippen MR) is 64.3 cm³/mol. The van der Waals surface area contributed by atoms with Gasteiger partial charge in [0.05, 0.1) is 18.8 Å². The van der Waals surface area contributed by atoms with Crippen LogP contribution in [0.3, 0.4) is 0 Å². The van der Waals surface area contributed by atoms with E-state index in [1.807, 2.05) is 0 Å². The summed E-state index contributed by atoms with van der Waals surface area (Å²) in [4.78, 5) is 11.1. The van der Waals surface area contributed by atoms with Crippen LogP contribution in [-0.4, -0.2) is 23.0 Å². The molecule has 0 aliphatic rings. The van der Waals surface area contributed by atoms with E-state index in [0.717, 1.165) is 12.1 Å². The number of ether oxygens (including phenoxy) is 1. The van der Waals surface area contributed by atoms with Gasteiger partial charge in [0.1, 0.15) is 11.6 Å². The molecule has 0 aromatic heterocycles. The monoisotopic (exact) mass is 276 g/mol. The zero-order chi connectivity index (χ0) is 13.7. The van der Waals surface area contributed by atoms with Gasteiger partial charge in [-0.25, -0.2) is 8.78 Å². The van der Waals surface area contributed by atoms with E-state index in [-0.39, 0.29) is 17.1 Å². The lowest BCUT2D eigenvalue weighted by Crippen LogP contribution is -2.20. The minimum atomic E-state index is -1.40. The van der Waals surface area contributed by atoms with Crippen molar-refractivity contribution in [2.24, 2.45) is 5.92 Å². The Hall–Kier alpha value is -1.30. The maximum absolute atomic E-state index is 13.3. The molecule has 6 heteroatoms. The van der Waals surface area contributed by atoms with Crippen LogP contribution >= 0.6 is 0 Å². The van der Waals surface area contributed by atoms with Crippen molar-refractivity contribution in [3.63, 3.8) is 0 Å². The first-order valence-corrected chi connectivity index (χ1v) is 6.79. The fourth-order valence-corrected chi connectivity index (χ4v) is 2.81.